The van der Waals surface area contributed by atoms with Gasteiger partial charge in [-0.05, 0) is 0 Å². The van der Waals surface area contributed by atoms with E-state index in [1.165, 1.54) is 12.0 Å². The first kappa shape index (κ1) is 9.98. The number of ether oxygens (including phenoxy) is 2. The van der Waals surface area contributed by atoms with Gasteiger partial charge in [-0.3, -0.25) is 4.79 Å². The van der Waals surface area contributed by atoms with Crippen LogP contribution in [0.4, 0.5) is 0 Å². The van der Waals surface area contributed by atoms with Gasteiger partial charge in [0.1, 0.15) is 0 Å². The molecule has 5 heteroatoms. The van der Waals surface area contributed by atoms with E-state index in [9.17, 15) is 9.59 Å². The Balaban J connectivity index is 2.58. The first-order chi connectivity index (χ1) is 6.15. The minimum absolute atomic E-state index is 0.00796. The highest BCUT2D eigenvalue weighted by Gasteiger charge is 2.26. The molecule has 0 radical (unpaired) electrons. The van der Waals surface area contributed by atoms with Crippen LogP contribution in [0.2, 0.25) is 0 Å². The van der Waals surface area contributed by atoms with E-state index in [0.717, 1.165) is 0 Å². The van der Waals surface area contributed by atoms with Gasteiger partial charge in [-0.2, -0.15) is 0 Å². The van der Waals surface area contributed by atoms with Crippen LogP contribution in [0, 0.1) is 0 Å². The quantitative estimate of drug-likeness (QED) is 0.515. The summed E-state index contributed by atoms with van der Waals surface area (Å²) in [5.74, 6) is -0.437. The Morgan fingerprint density at radius 2 is 2.38 bits per heavy atom. The summed E-state index contributed by atoms with van der Waals surface area (Å²) in [7, 11) is 2.95. The van der Waals surface area contributed by atoms with Crippen LogP contribution in [-0.4, -0.2) is 50.2 Å². The van der Waals surface area contributed by atoms with Crippen molar-refractivity contribution in [3.05, 3.63) is 0 Å². The molecular formula is C8H13NO4. The SMILES string of the molecule is COC(=O)[C@@H]1CN(C)C(=O)CCO1. The summed E-state index contributed by atoms with van der Waals surface area (Å²) in [6.45, 7) is 0.550. The molecule has 0 aromatic carbocycles. The fourth-order valence-corrected chi connectivity index (χ4v) is 1.16. The van der Waals surface area contributed by atoms with E-state index in [4.69, 9.17) is 4.74 Å². The molecule has 13 heavy (non-hydrogen) atoms. The van der Waals surface area contributed by atoms with Crippen LogP contribution >= 0.6 is 0 Å². The number of hydrogen-bond donors (Lipinski definition) is 0. The number of rotatable bonds is 1. The van der Waals surface area contributed by atoms with Crippen molar-refractivity contribution >= 4 is 11.9 Å². The molecule has 1 atom stereocenters. The van der Waals surface area contributed by atoms with Crippen molar-refractivity contribution < 1.29 is 19.1 Å². The summed E-state index contributed by atoms with van der Waals surface area (Å²) in [6, 6.07) is 0. The van der Waals surface area contributed by atoms with Crippen LogP contribution in [0.3, 0.4) is 0 Å². The topological polar surface area (TPSA) is 55.8 Å². The van der Waals surface area contributed by atoms with E-state index in [-0.39, 0.29) is 19.1 Å². The molecule has 1 rings (SSSR count). The minimum Gasteiger partial charge on any atom is -0.467 e. The van der Waals surface area contributed by atoms with Crippen molar-refractivity contribution in [1.29, 1.82) is 0 Å². The maximum Gasteiger partial charge on any atom is 0.336 e. The maximum atomic E-state index is 11.2. The van der Waals surface area contributed by atoms with Crippen molar-refractivity contribution in [3.8, 4) is 0 Å². The number of carbonyl (C=O) groups excluding carboxylic acids is 2. The lowest BCUT2D eigenvalue weighted by Gasteiger charge is -2.17. The van der Waals surface area contributed by atoms with E-state index in [1.54, 1.807) is 7.05 Å². The van der Waals surface area contributed by atoms with Crippen LogP contribution in [0.25, 0.3) is 0 Å². The van der Waals surface area contributed by atoms with Crippen molar-refractivity contribution in [2.45, 2.75) is 12.5 Å². The smallest absolute Gasteiger partial charge is 0.336 e. The normalized spacial score (nSPS) is 24.0. The van der Waals surface area contributed by atoms with Gasteiger partial charge >= 0.3 is 5.97 Å². The number of nitrogens with zero attached hydrogens (tertiary/aromatic N) is 1. The van der Waals surface area contributed by atoms with Gasteiger partial charge in [0.2, 0.25) is 5.91 Å². The Bertz CT molecular complexity index is 216. The predicted octanol–water partition coefficient (Wildman–Crippen LogP) is -0.593. The van der Waals surface area contributed by atoms with Gasteiger partial charge in [-0.25, -0.2) is 4.79 Å². The van der Waals surface area contributed by atoms with Crippen LogP contribution in [0.1, 0.15) is 6.42 Å². The number of likely N-dealkylation sites (N-methyl/N-ethyl adjacent to an activating group) is 1. The molecule has 1 amide bonds. The fourth-order valence-electron chi connectivity index (χ4n) is 1.16. The van der Waals surface area contributed by atoms with Gasteiger partial charge in [0.15, 0.2) is 6.10 Å². The molecule has 1 heterocycles. The van der Waals surface area contributed by atoms with Crippen LogP contribution in [-0.2, 0) is 19.1 Å². The summed E-state index contributed by atoms with van der Waals surface area (Å²) >= 11 is 0. The molecule has 0 aliphatic carbocycles. The summed E-state index contributed by atoms with van der Waals surface area (Å²) in [5, 5.41) is 0. The van der Waals surface area contributed by atoms with Crippen LogP contribution < -0.4 is 0 Å². The van der Waals surface area contributed by atoms with Crippen molar-refractivity contribution in [2.75, 3.05) is 27.3 Å². The summed E-state index contributed by atoms with van der Waals surface area (Å²) in [6.07, 6.45) is -0.314. The molecule has 74 valence electrons. The maximum absolute atomic E-state index is 11.2. The van der Waals surface area contributed by atoms with Gasteiger partial charge in [0.25, 0.3) is 0 Å². The van der Waals surface area contributed by atoms with Crippen molar-refractivity contribution in [1.82, 2.24) is 4.90 Å². The highest BCUT2D eigenvalue weighted by atomic mass is 16.6. The average Bonchev–Trinajstić information content (AvgIpc) is 2.28. The Hall–Kier alpha value is -1.10. The van der Waals surface area contributed by atoms with E-state index < -0.39 is 12.1 Å². The van der Waals surface area contributed by atoms with Gasteiger partial charge in [0, 0.05) is 7.05 Å². The van der Waals surface area contributed by atoms with Crippen molar-refractivity contribution in [2.24, 2.45) is 0 Å². The molecule has 0 bridgehead atoms. The number of methoxy groups -OCH3 is 1. The largest absolute Gasteiger partial charge is 0.467 e. The molecule has 0 aromatic rings. The van der Waals surface area contributed by atoms with E-state index in [2.05, 4.69) is 4.74 Å². The number of hydrogen-bond acceptors (Lipinski definition) is 4. The number of esters is 1. The molecule has 1 aliphatic heterocycles. The lowest BCUT2D eigenvalue weighted by Crippen LogP contribution is -2.37. The zero-order valence-corrected chi connectivity index (χ0v) is 7.78. The number of carbonyl (C=O) groups is 2. The number of amides is 1. The minimum atomic E-state index is -0.638. The van der Waals surface area contributed by atoms with Crippen molar-refractivity contribution in [3.63, 3.8) is 0 Å². The third-order valence-electron chi connectivity index (χ3n) is 1.96. The second-order valence-corrected chi connectivity index (χ2v) is 2.91. The molecule has 0 spiro atoms. The Kier molecular flexibility index (Phi) is 3.25. The Morgan fingerprint density at radius 1 is 1.69 bits per heavy atom. The molecule has 1 saturated heterocycles. The fraction of sp³-hybridized carbons (Fsp3) is 0.750. The molecular weight excluding hydrogens is 174 g/mol. The molecule has 0 N–H and O–H groups in total. The molecule has 0 saturated carbocycles. The van der Waals surface area contributed by atoms with Gasteiger partial charge in [0.05, 0.1) is 26.7 Å². The van der Waals surface area contributed by atoms with E-state index in [1.807, 2.05) is 0 Å². The first-order valence-electron chi connectivity index (χ1n) is 4.08. The Labute approximate surface area is 76.6 Å². The van der Waals surface area contributed by atoms with Gasteiger partial charge in [-0.1, -0.05) is 0 Å². The van der Waals surface area contributed by atoms with Gasteiger partial charge in [-0.15, -0.1) is 0 Å². The van der Waals surface area contributed by atoms with E-state index in [0.29, 0.717) is 6.42 Å². The summed E-state index contributed by atoms with van der Waals surface area (Å²) in [5.41, 5.74) is 0. The summed E-state index contributed by atoms with van der Waals surface area (Å²) in [4.78, 5) is 23.7. The molecule has 0 unspecified atom stereocenters. The third kappa shape index (κ3) is 2.42. The highest BCUT2D eigenvalue weighted by Crippen LogP contribution is 2.06. The predicted molar refractivity (Wildman–Crippen MR) is 44.0 cm³/mol. The average molecular weight is 187 g/mol. The second kappa shape index (κ2) is 4.23. The standard InChI is InChI=1S/C8H13NO4/c1-9-5-6(8(11)12-2)13-4-3-7(9)10/h6H,3-5H2,1-2H3/t6-/m0/s1. The van der Waals surface area contributed by atoms with Crippen LogP contribution in [0.15, 0.2) is 0 Å². The zero-order chi connectivity index (χ0) is 9.84. The van der Waals surface area contributed by atoms with Gasteiger partial charge < -0.3 is 14.4 Å². The third-order valence-corrected chi connectivity index (χ3v) is 1.96. The molecule has 0 aromatic heterocycles. The van der Waals surface area contributed by atoms with E-state index >= 15 is 0 Å². The first-order valence-corrected chi connectivity index (χ1v) is 4.08. The highest BCUT2D eigenvalue weighted by molar-refractivity contribution is 5.79. The zero-order valence-electron chi connectivity index (χ0n) is 7.78. The van der Waals surface area contributed by atoms with Crippen LogP contribution in [0.5, 0.6) is 0 Å². The molecule has 1 aliphatic rings. The molecule has 1 fully saturated rings. The molecule has 5 nitrogen and oxygen atoms in total. The summed E-state index contributed by atoms with van der Waals surface area (Å²) < 4.78 is 9.69. The lowest BCUT2D eigenvalue weighted by atomic mass is 10.3. The Morgan fingerprint density at radius 3 is 3.00 bits per heavy atom. The second-order valence-electron chi connectivity index (χ2n) is 2.91. The monoisotopic (exact) mass is 187 g/mol. The lowest BCUT2D eigenvalue weighted by molar-refractivity contribution is -0.154.